The fourth-order valence-corrected chi connectivity index (χ4v) is 2.20. The highest BCUT2D eigenvalue weighted by Gasteiger charge is 2.10. The molecule has 6 heteroatoms. The zero-order valence-corrected chi connectivity index (χ0v) is 12.0. The van der Waals surface area contributed by atoms with Gasteiger partial charge < -0.3 is 10.1 Å². The number of aromatic amines is 1. The number of nitrogens with zero attached hydrogens (tertiary/aromatic N) is 1. The van der Waals surface area contributed by atoms with E-state index in [1.54, 1.807) is 18.3 Å². The summed E-state index contributed by atoms with van der Waals surface area (Å²) in [7, 11) is 0. The number of H-pyrrole nitrogens is 1. The number of hydrazone groups is 1. The predicted molar refractivity (Wildman–Crippen MR) is 86.8 cm³/mol. The second-order valence-electron chi connectivity index (χ2n) is 4.87. The van der Waals surface area contributed by atoms with Crippen LogP contribution in [0.5, 0.6) is 0 Å². The number of amides is 1. The van der Waals surface area contributed by atoms with Gasteiger partial charge in [-0.3, -0.25) is 4.79 Å². The Morgan fingerprint density at radius 2 is 1.83 bits per heavy atom. The highest BCUT2D eigenvalue weighted by molar-refractivity contribution is 6.06. The van der Waals surface area contributed by atoms with Crippen LogP contribution in [0.4, 0.5) is 0 Å². The maximum absolute atomic E-state index is 12.1. The van der Waals surface area contributed by atoms with Gasteiger partial charge in [0, 0.05) is 17.1 Å². The summed E-state index contributed by atoms with van der Waals surface area (Å²) in [5.74, 6) is -1.30. The van der Waals surface area contributed by atoms with Crippen molar-refractivity contribution in [3.8, 4) is 0 Å². The van der Waals surface area contributed by atoms with Crippen molar-refractivity contribution in [3.63, 3.8) is 0 Å². The summed E-state index contributed by atoms with van der Waals surface area (Å²) in [5.41, 5.74) is 4.74. The van der Waals surface area contributed by atoms with E-state index in [0.29, 0.717) is 11.1 Å². The maximum Gasteiger partial charge on any atom is 0.335 e. The molecule has 0 aliphatic heterocycles. The third-order valence-electron chi connectivity index (χ3n) is 3.37. The van der Waals surface area contributed by atoms with Crippen LogP contribution in [0.15, 0.2) is 59.8 Å². The van der Waals surface area contributed by atoms with Gasteiger partial charge in [-0.15, -0.1) is 0 Å². The lowest BCUT2D eigenvalue weighted by Crippen LogP contribution is -2.17. The van der Waals surface area contributed by atoms with E-state index in [1.165, 1.54) is 18.3 Å². The second-order valence-corrected chi connectivity index (χ2v) is 4.87. The van der Waals surface area contributed by atoms with Crippen LogP contribution < -0.4 is 5.43 Å². The number of carbonyl (C=O) groups is 2. The van der Waals surface area contributed by atoms with Gasteiger partial charge in [0.1, 0.15) is 0 Å². The van der Waals surface area contributed by atoms with Gasteiger partial charge in [-0.1, -0.05) is 30.3 Å². The van der Waals surface area contributed by atoms with Crippen molar-refractivity contribution in [2.24, 2.45) is 5.10 Å². The minimum absolute atomic E-state index is 0.199. The molecule has 0 fully saturated rings. The number of aromatic nitrogens is 1. The number of aromatic carboxylic acids is 1. The van der Waals surface area contributed by atoms with E-state index in [-0.39, 0.29) is 11.5 Å². The number of fused-ring (bicyclic) bond motifs is 1. The summed E-state index contributed by atoms with van der Waals surface area (Å²) in [6, 6.07) is 13.7. The van der Waals surface area contributed by atoms with Crippen molar-refractivity contribution < 1.29 is 14.7 Å². The quantitative estimate of drug-likeness (QED) is 0.511. The van der Waals surface area contributed by atoms with Gasteiger partial charge in [0.15, 0.2) is 0 Å². The van der Waals surface area contributed by atoms with E-state index in [0.717, 1.165) is 10.9 Å². The summed E-state index contributed by atoms with van der Waals surface area (Å²) in [4.78, 5) is 25.9. The molecule has 0 saturated carbocycles. The monoisotopic (exact) mass is 307 g/mol. The average Bonchev–Trinajstić information content (AvgIpc) is 2.99. The first-order chi connectivity index (χ1) is 11.1. The highest BCUT2D eigenvalue weighted by atomic mass is 16.4. The molecule has 23 heavy (non-hydrogen) atoms. The fourth-order valence-electron chi connectivity index (χ4n) is 2.20. The third kappa shape index (κ3) is 3.11. The third-order valence-corrected chi connectivity index (χ3v) is 3.37. The molecule has 1 amide bonds. The van der Waals surface area contributed by atoms with Crippen LogP contribution in [0.3, 0.4) is 0 Å². The lowest BCUT2D eigenvalue weighted by atomic mass is 10.1. The Kier molecular flexibility index (Phi) is 3.88. The summed E-state index contributed by atoms with van der Waals surface area (Å²) >= 11 is 0. The smallest absolute Gasteiger partial charge is 0.335 e. The maximum atomic E-state index is 12.1. The van der Waals surface area contributed by atoms with Crippen LogP contribution in [0.25, 0.3) is 10.9 Å². The molecule has 3 rings (SSSR count). The minimum Gasteiger partial charge on any atom is -0.478 e. The Morgan fingerprint density at radius 3 is 2.57 bits per heavy atom. The number of hydrogen-bond acceptors (Lipinski definition) is 3. The first-order valence-corrected chi connectivity index (χ1v) is 6.88. The number of para-hydroxylation sites is 1. The Bertz CT molecular complexity index is 895. The molecule has 0 aliphatic carbocycles. The molecular formula is C17H13N3O3. The largest absolute Gasteiger partial charge is 0.478 e. The lowest BCUT2D eigenvalue weighted by Gasteiger charge is -1.98. The van der Waals surface area contributed by atoms with Gasteiger partial charge in [0.2, 0.25) is 0 Å². The van der Waals surface area contributed by atoms with Gasteiger partial charge in [0.25, 0.3) is 5.91 Å². The molecule has 1 heterocycles. The molecule has 0 radical (unpaired) electrons. The normalized spacial score (nSPS) is 11.0. The fraction of sp³-hybridized carbons (Fsp3) is 0. The molecular weight excluding hydrogens is 294 g/mol. The predicted octanol–water partition coefficient (Wildman–Crippen LogP) is 2.63. The number of carboxylic acid groups (broad SMARTS) is 1. The van der Waals surface area contributed by atoms with Gasteiger partial charge in [0.05, 0.1) is 17.3 Å². The molecule has 1 aromatic heterocycles. The van der Waals surface area contributed by atoms with Crippen LogP contribution in [0.1, 0.15) is 26.3 Å². The van der Waals surface area contributed by atoms with Gasteiger partial charge >= 0.3 is 5.97 Å². The molecule has 0 saturated heterocycles. The highest BCUT2D eigenvalue weighted by Crippen LogP contribution is 2.17. The lowest BCUT2D eigenvalue weighted by molar-refractivity contribution is 0.0696. The van der Waals surface area contributed by atoms with Crippen LogP contribution in [-0.2, 0) is 0 Å². The number of carboxylic acids is 1. The molecule has 3 N–H and O–H groups in total. The van der Waals surface area contributed by atoms with Crippen molar-refractivity contribution in [2.75, 3.05) is 0 Å². The van der Waals surface area contributed by atoms with E-state index in [4.69, 9.17) is 5.11 Å². The standard InChI is InChI=1S/C17H13N3O3/c21-16(14-10-18-15-4-2-1-3-13(14)15)20-19-9-11-5-7-12(8-6-11)17(22)23/h1-10,18H,(H,20,21)(H,22,23)/b19-9+. The summed E-state index contributed by atoms with van der Waals surface area (Å²) in [5, 5.41) is 13.5. The average molecular weight is 307 g/mol. The summed E-state index contributed by atoms with van der Waals surface area (Å²) in [6.07, 6.45) is 3.09. The zero-order chi connectivity index (χ0) is 16.2. The van der Waals surface area contributed by atoms with Crippen molar-refractivity contribution in [3.05, 3.63) is 71.4 Å². The van der Waals surface area contributed by atoms with E-state index < -0.39 is 5.97 Å². The Labute approximate surface area is 131 Å². The number of nitrogens with one attached hydrogen (secondary N) is 2. The van der Waals surface area contributed by atoms with Crippen molar-refractivity contribution in [1.29, 1.82) is 0 Å². The number of rotatable bonds is 4. The molecule has 0 aliphatic rings. The van der Waals surface area contributed by atoms with Crippen LogP contribution in [0.2, 0.25) is 0 Å². The van der Waals surface area contributed by atoms with Crippen LogP contribution in [-0.4, -0.2) is 28.2 Å². The van der Waals surface area contributed by atoms with Gasteiger partial charge in [-0.05, 0) is 23.8 Å². The van der Waals surface area contributed by atoms with Crippen LogP contribution >= 0.6 is 0 Å². The molecule has 6 nitrogen and oxygen atoms in total. The molecule has 3 aromatic rings. The number of hydrogen-bond donors (Lipinski definition) is 3. The summed E-state index contributed by atoms with van der Waals surface area (Å²) < 4.78 is 0. The number of carbonyl (C=O) groups excluding carboxylic acids is 1. The molecule has 0 bridgehead atoms. The molecule has 0 unspecified atom stereocenters. The number of benzene rings is 2. The second kappa shape index (κ2) is 6.15. The zero-order valence-electron chi connectivity index (χ0n) is 12.0. The van der Waals surface area contributed by atoms with E-state index in [2.05, 4.69) is 15.5 Å². The van der Waals surface area contributed by atoms with Gasteiger partial charge in [-0.2, -0.15) is 5.10 Å². The van der Waals surface area contributed by atoms with Gasteiger partial charge in [-0.25, -0.2) is 10.2 Å². The van der Waals surface area contributed by atoms with Crippen LogP contribution in [0, 0.1) is 0 Å². The molecule has 0 spiro atoms. The first-order valence-electron chi connectivity index (χ1n) is 6.88. The summed E-state index contributed by atoms with van der Waals surface area (Å²) in [6.45, 7) is 0. The first kappa shape index (κ1) is 14.5. The molecule has 2 aromatic carbocycles. The van der Waals surface area contributed by atoms with E-state index >= 15 is 0 Å². The topological polar surface area (TPSA) is 94.5 Å². The van der Waals surface area contributed by atoms with Crippen molar-refractivity contribution in [2.45, 2.75) is 0 Å². The Balaban J connectivity index is 1.70. The Morgan fingerprint density at radius 1 is 1.09 bits per heavy atom. The Hall–Kier alpha value is -3.41. The van der Waals surface area contributed by atoms with E-state index in [1.807, 2.05) is 24.3 Å². The molecule has 0 atom stereocenters. The van der Waals surface area contributed by atoms with Crippen molar-refractivity contribution in [1.82, 2.24) is 10.4 Å². The van der Waals surface area contributed by atoms with Crippen molar-refractivity contribution >= 4 is 29.0 Å². The molecule has 114 valence electrons. The minimum atomic E-state index is -0.985. The SMILES string of the molecule is O=C(O)c1ccc(/C=N/NC(=O)c2c[nH]c3ccccc23)cc1. The van der Waals surface area contributed by atoms with E-state index in [9.17, 15) is 9.59 Å².